The van der Waals surface area contributed by atoms with Crippen LogP contribution in [0.5, 0.6) is 0 Å². The van der Waals surface area contributed by atoms with Crippen molar-refractivity contribution in [3.63, 3.8) is 0 Å². The van der Waals surface area contributed by atoms with Crippen molar-refractivity contribution in [1.29, 1.82) is 0 Å². The lowest BCUT2D eigenvalue weighted by Crippen LogP contribution is -2.21. The summed E-state index contributed by atoms with van der Waals surface area (Å²) >= 11 is 3.51. The molecule has 6 nitrogen and oxygen atoms in total. The number of hydrogen-bond donors (Lipinski definition) is 0. The summed E-state index contributed by atoms with van der Waals surface area (Å²) in [5.74, 6) is 0. The van der Waals surface area contributed by atoms with E-state index in [9.17, 15) is 10.1 Å². The molecule has 0 heterocycles. The van der Waals surface area contributed by atoms with Gasteiger partial charge in [-0.05, 0) is 60.1 Å². The van der Waals surface area contributed by atoms with Crippen LogP contribution in [-0.4, -0.2) is 18.0 Å². The highest BCUT2D eigenvalue weighted by Crippen LogP contribution is 2.31. The van der Waals surface area contributed by atoms with Crippen molar-refractivity contribution in [2.24, 2.45) is 10.2 Å². The topological polar surface area (TPSA) is 71.1 Å². The molecular weight excluding hydrogens is 360 g/mol. The Hall–Kier alpha value is -2.28. The van der Waals surface area contributed by atoms with Crippen LogP contribution in [0, 0.1) is 10.1 Å². The Morgan fingerprint density at radius 3 is 2.26 bits per heavy atom. The molecule has 2 aromatic rings. The van der Waals surface area contributed by atoms with Crippen molar-refractivity contribution in [3.8, 4) is 0 Å². The van der Waals surface area contributed by atoms with Gasteiger partial charge in [0.2, 0.25) is 0 Å². The summed E-state index contributed by atoms with van der Waals surface area (Å²) in [5, 5.41) is 18.9. The van der Waals surface area contributed by atoms with E-state index < -0.39 is 4.92 Å². The van der Waals surface area contributed by atoms with Gasteiger partial charge in [0.05, 0.1) is 16.3 Å². The second-order valence-corrected chi connectivity index (χ2v) is 5.64. The zero-order valence-corrected chi connectivity index (χ0v) is 14.5. The van der Waals surface area contributed by atoms with E-state index in [-0.39, 0.29) is 5.69 Å². The van der Waals surface area contributed by atoms with Crippen LogP contribution in [0.25, 0.3) is 0 Å². The van der Waals surface area contributed by atoms with E-state index in [2.05, 4.69) is 44.9 Å². The largest absolute Gasteiger partial charge is 0.372 e. The van der Waals surface area contributed by atoms with E-state index >= 15 is 0 Å². The minimum Gasteiger partial charge on any atom is -0.372 e. The number of nitro benzene ring substituents is 1. The van der Waals surface area contributed by atoms with Gasteiger partial charge >= 0.3 is 0 Å². The zero-order valence-electron chi connectivity index (χ0n) is 12.9. The van der Waals surface area contributed by atoms with Crippen LogP contribution in [0.2, 0.25) is 0 Å². The van der Waals surface area contributed by atoms with Gasteiger partial charge in [0.25, 0.3) is 5.69 Å². The van der Waals surface area contributed by atoms with Crippen LogP contribution in [0.3, 0.4) is 0 Å². The Balaban J connectivity index is 2.17. The van der Waals surface area contributed by atoms with Crippen molar-refractivity contribution < 1.29 is 4.92 Å². The summed E-state index contributed by atoms with van der Waals surface area (Å²) in [5.41, 5.74) is 2.43. The quantitative estimate of drug-likeness (QED) is 0.373. The molecule has 0 saturated heterocycles. The molecule has 2 rings (SSSR count). The molecule has 0 unspecified atom stereocenters. The third-order valence-electron chi connectivity index (χ3n) is 3.39. The average Bonchev–Trinajstić information content (AvgIpc) is 2.55. The first-order valence-electron chi connectivity index (χ1n) is 7.25. The summed E-state index contributed by atoms with van der Waals surface area (Å²) in [7, 11) is 0. The van der Waals surface area contributed by atoms with E-state index in [0.717, 1.165) is 23.2 Å². The van der Waals surface area contributed by atoms with Crippen LogP contribution in [-0.2, 0) is 0 Å². The number of non-ortho nitro benzene ring substituents is 1. The minimum atomic E-state index is -0.441. The normalized spacial score (nSPS) is 10.9. The maximum atomic E-state index is 10.6. The number of anilines is 1. The SMILES string of the molecule is CCN(CC)c1ccc(N=Nc2ccc([N+](=O)[O-])cc2)c(Br)c1. The number of nitro groups is 1. The number of azo groups is 1. The summed E-state index contributed by atoms with van der Waals surface area (Å²) in [6.07, 6.45) is 0. The van der Waals surface area contributed by atoms with E-state index in [0.29, 0.717) is 11.4 Å². The summed E-state index contributed by atoms with van der Waals surface area (Å²) in [6, 6.07) is 11.9. The van der Waals surface area contributed by atoms with Crippen LogP contribution in [0.15, 0.2) is 57.2 Å². The molecule has 23 heavy (non-hydrogen) atoms. The molecule has 0 spiro atoms. The molecule has 0 aliphatic heterocycles. The Morgan fingerprint density at radius 1 is 1.09 bits per heavy atom. The Kier molecular flexibility index (Phi) is 5.81. The fourth-order valence-electron chi connectivity index (χ4n) is 2.11. The lowest BCUT2D eigenvalue weighted by molar-refractivity contribution is -0.384. The Labute approximate surface area is 143 Å². The molecule has 0 aliphatic carbocycles. The molecule has 0 aliphatic rings. The van der Waals surface area contributed by atoms with Gasteiger partial charge in [-0.3, -0.25) is 10.1 Å². The lowest BCUT2D eigenvalue weighted by Gasteiger charge is -2.21. The molecule has 0 atom stereocenters. The second-order valence-electron chi connectivity index (χ2n) is 4.78. The molecule has 0 radical (unpaired) electrons. The number of hydrogen-bond acceptors (Lipinski definition) is 5. The maximum Gasteiger partial charge on any atom is 0.269 e. The van der Waals surface area contributed by atoms with Gasteiger partial charge in [0.15, 0.2) is 0 Å². The third-order valence-corrected chi connectivity index (χ3v) is 4.03. The van der Waals surface area contributed by atoms with Crippen LogP contribution >= 0.6 is 15.9 Å². The fourth-order valence-corrected chi connectivity index (χ4v) is 2.56. The molecule has 0 fully saturated rings. The first-order valence-corrected chi connectivity index (χ1v) is 8.05. The predicted molar refractivity (Wildman–Crippen MR) is 95.0 cm³/mol. The van der Waals surface area contributed by atoms with E-state index in [1.165, 1.54) is 12.1 Å². The van der Waals surface area contributed by atoms with Crippen molar-refractivity contribution >= 4 is 38.7 Å². The highest BCUT2D eigenvalue weighted by molar-refractivity contribution is 9.10. The zero-order chi connectivity index (χ0) is 16.8. The summed E-state index contributed by atoms with van der Waals surface area (Å²) in [6.45, 7) is 6.10. The molecule has 0 aromatic heterocycles. The van der Waals surface area contributed by atoms with Gasteiger partial charge in [-0.1, -0.05) is 0 Å². The number of benzene rings is 2. The van der Waals surface area contributed by atoms with Gasteiger partial charge in [0, 0.05) is 35.4 Å². The molecule has 0 N–H and O–H groups in total. The number of nitrogens with zero attached hydrogens (tertiary/aromatic N) is 4. The van der Waals surface area contributed by atoms with Crippen molar-refractivity contribution in [2.45, 2.75) is 13.8 Å². The standard InChI is InChI=1S/C16H17BrN4O2/c1-3-20(4-2)14-9-10-16(15(17)11-14)19-18-12-5-7-13(8-6-12)21(22)23/h5-11H,3-4H2,1-2H3. The molecular formula is C16H17BrN4O2. The third kappa shape index (κ3) is 4.35. The van der Waals surface area contributed by atoms with Crippen LogP contribution in [0.4, 0.5) is 22.7 Å². The average molecular weight is 377 g/mol. The highest BCUT2D eigenvalue weighted by Gasteiger charge is 2.06. The summed E-state index contributed by atoms with van der Waals surface area (Å²) < 4.78 is 0.854. The van der Waals surface area contributed by atoms with Gasteiger partial charge in [0.1, 0.15) is 0 Å². The monoisotopic (exact) mass is 376 g/mol. The highest BCUT2D eigenvalue weighted by atomic mass is 79.9. The van der Waals surface area contributed by atoms with Crippen molar-refractivity contribution in [2.75, 3.05) is 18.0 Å². The molecule has 0 saturated carbocycles. The van der Waals surface area contributed by atoms with Crippen molar-refractivity contribution in [3.05, 3.63) is 57.1 Å². The van der Waals surface area contributed by atoms with Crippen LogP contribution < -0.4 is 4.90 Å². The molecule has 0 amide bonds. The van der Waals surface area contributed by atoms with Gasteiger partial charge < -0.3 is 4.90 Å². The molecule has 7 heteroatoms. The first kappa shape index (κ1) is 17.1. The number of halogens is 1. The van der Waals surface area contributed by atoms with Crippen LogP contribution in [0.1, 0.15) is 13.8 Å². The lowest BCUT2D eigenvalue weighted by atomic mass is 10.2. The van der Waals surface area contributed by atoms with E-state index in [1.807, 2.05) is 18.2 Å². The van der Waals surface area contributed by atoms with Gasteiger partial charge in [-0.25, -0.2) is 0 Å². The summed E-state index contributed by atoms with van der Waals surface area (Å²) in [4.78, 5) is 12.4. The Morgan fingerprint density at radius 2 is 1.74 bits per heavy atom. The fraction of sp³-hybridized carbons (Fsp3) is 0.250. The smallest absolute Gasteiger partial charge is 0.269 e. The second kappa shape index (κ2) is 7.82. The minimum absolute atomic E-state index is 0.0358. The van der Waals surface area contributed by atoms with Gasteiger partial charge in [-0.2, -0.15) is 5.11 Å². The van der Waals surface area contributed by atoms with Gasteiger partial charge in [-0.15, -0.1) is 5.11 Å². The molecule has 2 aromatic carbocycles. The van der Waals surface area contributed by atoms with E-state index in [4.69, 9.17) is 0 Å². The maximum absolute atomic E-state index is 10.6. The number of rotatable bonds is 6. The first-order chi connectivity index (χ1) is 11.0. The molecule has 0 bridgehead atoms. The van der Waals surface area contributed by atoms with Crippen molar-refractivity contribution in [1.82, 2.24) is 0 Å². The Bertz CT molecular complexity index is 713. The van der Waals surface area contributed by atoms with E-state index in [1.54, 1.807) is 12.1 Å². The molecule has 120 valence electrons. The predicted octanol–water partition coefficient (Wildman–Crippen LogP) is 5.62.